The molecule has 120 valence electrons. The van der Waals surface area contributed by atoms with Crippen molar-refractivity contribution in [2.24, 2.45) is 5.92 Å². The Labute approximate surface area is 130 Å². The summed E-state index contributed by atoms with van der Waals surface area (Å²) in [5.41, 5.74) is 0.406. The Balaban J connectivity index is 2.18. The fourth-order valence-corrected chi connectivity index (χ4v) is 2.62. The van der Waals surface area contributed by atoms with Gasteiger partial charge in [0.1, 0.15) is 5.60 Å². The van der Waals surface area contributed by atoms with E-state index >= 15 is 0 Å². The van der Waals surface area contributed by atoms with E-state index in [0.29, 0.717) is 13.1 Å². The van der Waals surface area contributed by atoms with Crippen LogP contribution in [0.4, 0.5) is 4.79 Å². The number of hydrogen-bond acceptors (Lipinski definition) is 5. The average molecular weight is 306 g/mol. The maximum Gasteiger partial charge on any atom is 0.410 e. The van der Waals surface area contributed by atoms with E-state index in [1.54, 1.807) is 17.3 Å². The van der Waals surface area contributed by atoms with Crippen molar-refractivity contribution in [3.05, 3.63) is 30.1 Å². The number of aromatic nitrogens is 1. The lowest BCUT2D eigenvalue weighted by Gasteiger charge is -2.24. The largest absolute Gasteiger partial charge is 0.469 e. The number of hydrogen-bond donors (Lipinski definition) is 0. The second-order valence-corrected chi connectivity index (χ2v) is 6.40. The van der Waals surface area contributed by atoms with Gasteiger partial charge in [-0.1, -0.05) is 0 Å². The van der Waals surface area contributed by atoms with Crippen molar-refractivity contribution >= 4 is 12.1 Å². The molecule has 0 spiro atoms. The summed E-state index contributed by atoms with van der Waals surface area (Å²) in [4.78, 5) is 29.8. The number of carbonyl (C=O) groups is 2. The predicted molar refractivity (Wildman–Crippen MR) is 80.3 cm³/mol. The van der Waals surface area contributed by atoms with Crippen LogP contribution in [0.5, 0.6) is 0 Å². The first-order valence-electron chi connectivity index (χ1n) is 7.27. The van der Waals surface area contributed by atoms with Crippen LogP contribution in [0.1, 0.15) is 32.3 Å². The van der Waals surface area contributed by atoms with E-state index in [1.165, 1.54) is 7.11 Å². The van der Waals surface area contributed by atoms with Gasteiger partial charge in [-0.2, -0.15) is 0 Å². The lowest BCUT2D eigenvalue weighted by Crippen LogP contribution is -2.36. The highest BCUT2D eigenvalue weighted by molar-refractivity contribution is 5.77. The van der Waals surface area contributed by atoms with Crippen LogP contribution in [-0.4, -0.2) is 47.7 Å². The topological polar surface area (TPSA) is 68.7 Å². The minimum Gasteiger partial charge on any atom is -0.469 e. The van der Waals surface area contributed by atoms with E-state index in [1.807, 2.05) is 32.9 Å². The summed E-state index contributed by atoms with van der Waals surface area (Å²) in [5, 5.41) is 0. The third-order valence-corrected chi connectivity index (χ3v) is 3.61. The Hall–Kier alpha value is -2.11. The number of carbonyl (C=O) groups excluding carboxylic acids is 2. The van der Waals surface area contributed by atoms with Crippen LogP contribution in [-0.2, 0) is 14.3 Å². The van der Waals surface area contributed by atoms with Gasteiger partial charge in [0.25, 0.3) is 0 Å². The van der Waals surface area contributed by atoms with E-state index in [-0.39, 0.29) is 17.8 Å². The first-order valence-corrected chi connectivity index (χ1v) is 7.27. The molecule has 0 bridgehead atoms. The third kappa shape index (κ3) is 3.75. The van der Waals surface area contributed by atoms with Gasteiger partial charge in [0, 0.05) is 31.4 Å². The number of likely N-dealkylation sites (tertiary alicyclic amines) is 1. The van der Waals surface area contributed by atoms with Crippen LogP contribution in [0.15, 0.2) is 24.5 Å². The molecule has 1 aliphatic heterocycles. The minimum absolute atomic E-state index is 0.108. The fraction of sp³-hybridized carbons (Fsp3) is 0.562. The normalized spacial score (nSPS) is 21.5. The van der Waals surface area contributed by atoms with E-state index in [0.717, 1.165) is 5.56 Å². The highest BCUT2D eigenvalue weighted by atomic mass is 16.6. The molecule has 0 aliphatic carbocycles. The van der Waals surface area contributed by atoms with Crippen LogP contribution in [0, 0.1) is 5.92 Å². The van der Waals surface area contributed by atoms with Crippen molar-refractivity contribution in [2.45, 2.75) is 32.3 Å². The zero-order valence-corrected chi connectivity index (χ0v) is 13.4. The molecule has 2 heterocycles. The monoisotopic (exact) mass is 306 g/mol. The maximum atomic E-state index is 12.2. The van der Waals surface area contributed by atoms with Gasteiger partial charge in [0.05, 0.1) is 13.0 Å². The van der Waals surface area contributed by atoms with Crippen LogP contribution in [0.3, 0.4) is 0 Å². The summed E-state index contributed by atoms with van der Waals surface area (Å²) in [6, 6.07) is 3.72. The molecule has 2 atom stereocenters. The Morgan fingerprint density at radius 1 is 1.23 bits per heavy atom. The molecule has 1 saturated heterocycles. The molecule has 0 radical (unpaired) electrons. The van der Waals surface area contributed by atoms with E-state index in [9.17, 15) is 9.59 Å². The molecule has 6 nitrogen and oxygen atoms in total. The number of ether oxygens (including phenoxy) is 2. The number of amides is 1. The molecule has 1 aromatic heterocycles. The maximum absolute atomic E-state index is 12.2. The van der Waals surface area contributed by atoms with Crippen molar-refractivity contribution < 1.29 is 19.1 Å². The van der Waals surface area contributed by atoms with Gasteiger partial charge in [0.2, 0.25) is 0 Å². The van der Waals surface area contributed by atoms with E-state index in [2.05, 4.69) is 4.98 Å². The molecule has 1 aliphatic rings. The number of pyridine rings is 1. The highest BCUT2D eigenvalue weighted by Gasteiger charge is 2.42. The second-order valence-electron chi connectivity index (χ2n) is 6.40. The predicted octanol–water partition coefficient (Wildman–Crippen LogP) is 2.21. The van der Waals surface area contributed by atoms with Gasteiger partial charge in [-0.25, -0.2) is 4.79 Å². The van der Waals surface area contributed by atoms with Gasteiger partial charge in [0.15, 0.2) is 0 Å². The molecule has 1 amide bonds. The quantitative estimate of drug-likeness (QED) is 0.784. The van der Waals surface area contributed by atoms with Crippen LogP contribution in [0.2, 0.25) is 0 Å². The molecule has 0 unspecified atom stereocenters. The van der Waals surface area contributed by atoms with E-state index in [4.69, 9.17) is 9.47 Å². The standard InChI is InChI=1S/C16H22N2O4/c1-16(2,3)22-15(20)18-9-12(11-5-7-17-8-6-11)13(10-18)14(19)21-4/h5-8,12-13H,9-10H2,1-4H3/t12-,13+/m0/s1. The zero-order chi connectivity index (χ0) is 16.3. The van der Waals surface area contributed by atoms with E-state index < -0.39 is 11.7 Å². The molecule has 1 fully saturated rings. The van der Waals surface area contributed by atoms with Gasteiger partial charge in [-0.05, 0) is 38.5 Å². The van der Waals surface area contributed by atoms with Crippen LogP contribution in [0.25, 0.3) is 0 Å². The van der Waals surface area contributed by atoms with Crippen molar-refractivity contribution in [1.29, 1.82) is 0 Å². The Morgan fingerprint density at radius 3 is 2.41 bits per heavy atom. The summed E-state index contributed by atoms with van der Waals surface area (Å²) in [6.45, 7) is 6.19. The second kappa shape index (κ2) is 6.34. The number of rotatable bonds is 2. The number of nitrogens with zero attached hydrogens (tertiary/aromatic N) is 2. The van der Waals surface area contributed by atoms with Gasteiger partial charge < -0.3 is 14.4 Å². The Bertz CT molecular complexity index is 539. The number of esters is 1. The molecule has 0 aromatic carbocycles. The fourth-order valence-electron chi connectivity index (χ4n) is 2.62. The summed E-state index contributed by atoms with van der Waals surface area (Å²) < 4.78 is 10.3. The van der Waals surface area contributed by atoms with Crippen LogP contribution >= 0.6 is 0 Å². The molecule has 2 rings (SSSR count). The minimum atomic E-state index is -0.563. The van der Waals surface area contributed by atoms with Gasteiger partial charge >= 0.3 is 12.1 Å². The van der Waals surface area contributed by atoms with Crippen molar-refractivity contribution in [1.82, 2.24) is 9.88 Å². The smallest absolute Gasteiger partial charge is 0.410 e. The SMILES string of the molecule is COC(=O)[C@@H]1CN(C(=O)OC(C)(C)C)C[C@H]1c1ccncc1. The zero-order valence-electron chi connectivity index (χ0n) is 13.4. The molecular formula is C16H22N2O4. The first kappa shape index (κ1) is 16.3. The summed E-state index contributed by atoms with van der Waals surface area (Å²) in [7, 11) is 1.36. The molecule has 6 heteroatoms. The lowest BCUT2D eigenvalue weighted by molar-refractivity contribution is -0.145. The van der Waals surface area contributed by atoms with Gasteiger partial charge in [-0.15, -0.1) is 0 Å². The van der Waals surface area contributed by atoms with Crippen molar-refractivity contribution in [2.75, 3.05) is 20.2 Å². The van der Waals surface area contributed by atoms with Crippen LogP contribution < -0.4 is 0 Å². The molecule has 22 heavy (non-hydrogen) atoms. The lowest BCUT2D eigenvalue weighted by atomic mass is 9.90. The first-order chi connectivity index (χ1) is 10.3. The molecule has 0 N–H and O–H groups in total. The molecular weight excluding hydrogens is 284 g/mol. The third-order valence-electron chi connectivity index (χ3n) is 3.61. The number of methoxy groups -OCH3 is 1. The summed E-state index contributed by atoms with van der Waals surface area (Å²) >= 11 is 0. The highest BCUT2D eigenvalue weighted by Crippen LogP contribution is 2.34. The molecule has 0 saturated carbocycles. The Kier molecular flexibility index (Phi) is 4.68. The van der Waals surface area contributed by atoms with Crippen molar-refractivity contribution in [3.63, 3.8) is 0 Å². The summed E-state index contributed by atoms with van der Waals surface area (Å²) in [6.07, 6.45) is 2.96. The Morgan fingerprint density at radius 2 is 1.86 bits per heavy atom. The summed E-state index contributed by atoms with van der Waals surface area (Å²) in [5.74, 6) is -0.809. The van der Waals surface area contributed by atoms with Gasteiger partial charge in [-0.3, -0.25) is 9.78 Å². The molecule has 1 aromatic rings. The average Bonchev–Trinajstić information content (AvgIpc) is 2.91. The van der Waals surface area contributed by atoms with Crippen molar-refractivity contribution in [3.8, 4) is 0 Å².